The van der Waals surface area contributed by atoms with Gasteiger partial charge in [0.15, 0.2) is 0 Å². The van der Waals surface area contributed by atoms with Crippen LogP contribution in [0.15, 0.2) is 48.6 Å². The van der Waals surface area contributed by atoms with Gasteiger partial charge in [0.25, 0.3) is 0 Å². The number of hydrogen-bond acceptors (Lipinski definition) is 0. The van der Waals surface area contributed by atoms with E-state index in [1.807, 2.05) is 0 Å². The average molecular weight is 689 g/mol. The SMILES string of the molecule is C.C=C(C)CC(C)(C)CC.C=C(C)CC(C)(C)CC.C=C(CC(C)(C)C)C(C)(C)CC(C)(C)C.C=C(CC(C)(C)C)C(C)(C)CC(C)(C)C. The van der Waals surface area contributed by atoms with Gasteiger partial charge in [0, 0.05) is 0 Å². The quantitative estimate of drug-likeness (QED) is 0.179. The molecule has 0 heteroatoms. The molecular weight excluding hydrogens is 589 g/mol. The molecule has 0 saturated heterocycles. The van der Waals surface area contributed by atoms with Crippen molar-refractivity contribution in [3.63, 3.8) is 0 Å². The number of allylic oxidation sites excluding steroid dienone is 4. The summed E-state index contributed by atoms with van der Waals surface area (Å²) < 4.78 is 0. The lowest BCUT2D eigenvalue weighted by Gasteiger charge is -2.36. The van der Waals surface area contributed by atoms with Crippen molar-refractivity contribution in [2.24, 2.45) is 43.3 Å². The second-order valence-corrected chi connectivity index (χ2v) is 23.2. The van der Waals surface area contributed by atoms with Crippen molar-refractivity contribution in [3.05, 3.63) is 48.6 Å². The molecule has 0 aromatic carbocycles. The zero-order chi connectivity index (χ0) is 40.0. The maximum Gasteiger partial charge on any atom is -0.0142 e. The van der Waals surface area contributed by atoms with Crippen LogP contribution in [0.2, 0.25) is 0 Å². The fourth-order valence-corrected chi connectivity index (χ4v) is 6.54. The lowest BCUT2D eigenvalue weighted by atomic mass is 9.69. The molecule has 0 nitrogen and oxygen atoms in total. The Labute approximate surface area is 316 Å². The van der Waals surface area contributed by atoms with Gasteiger partial charge in [-0.3, -0.25) is 0 Å². The Bertz CT molecular complexity index is 861. The molecule has 0 aliphatic carbocycles. The molecule has 296 valence electrons. The summed E-state index contributed by atoms with van der Waals surface area (Å²) in [5, 5.41) is 0. The second kappa shape index (κ2) is 22.1. The fraction of sp³-hybridized carbons (Fsp3) is 0.837. The molecule has 0 aromatic rings. The summed E-state index contributed by atoms with van der Waals surface area (Å²) >= 11 is 0. The van der Waals surface area contributed by atoms with E-state index in [-0.39, 0.29) is 18.3 Å². The summed E-state index contributed by atoms with van der Waals surface area (Å²) in [5.74, 6) is 0. The van der Waals surface area contributed by atoms with E-state index in [9.17, 15) is 0 Å². The Hall–Kier alpha value is -1.04. The lowest BCUT2D eigenvalue weighted by Crippen LogP contribution is -2.24. The molecule has 0 amide bonds. The van der Waals surface area contributed by atoms with Gasteiger partial charge in [0.2, 0.25) is 0 Å². The first kappa shape index (κ1) is 57.3. The first-order valence-corrected chi connectivity index (χ1v) is 19.3. The highest BCUT2D eigenvalue weighted by Crippen LogP contribution is 2.43. The molecular formula is C49H100. The highest BCUT2D eigenvalue weighted by atomic mass is 14.4. The maximum absolute atomic E-state index is 4.30. The third-order valence-electron chi connectivity index (χ3n) is 8.82. The van der Waals surface area contributed by atoms with Crippen molar-refractivity contribution in [2.75, 3.05) is 0 Å². The Morgan fingerprint density at radius 3 is 0.673 bits per heavy atom. The van der Waals surface area contributed by atoms with E-state index in [0.29, 0.717) is 32.5 Å². The zero-order valence-corrected chi connectivity index (χ0v) is 38.5. The van der Waals surface area contributed by atoms with Crippen LogP contribution in [0, 0.1) is 43.3 Å². The summed E-state index contributed by atoms with van der Waals surface area (Å²) in [5.41, 5.74) is 8.28. The Balaban J connectivity index is -0.000000179. The molecule has 0 spiro atoms. The van der Waals surface area contributed by atoms with E-state index in [2.05, 4.69) is 192 Å². The van der Waals surface area contributed by atoms with Crippen molar-refractivity contribution in [1.82, 2.24) is 0 Å². The van der Waals surface area contributed by atoms with Crippen LogP contribution in [0.25, 0.3) is 0 Å². The summed E-state index contributed by atoms with van der Waals surface area (Å²) in [6.45, 7) is 71.0. The Morgan fingerprint density at radius 2 is 0.571 bits per heavy atom. The monoisotopic (exact) mass is 689 g/mol. The predicted octanol–water partition coefficient (Wildman–Crippen LogP) is 18.3. The maximum atomic E-state index is 4.30. The lowest BCUT2D eigenvalue weighted by molar-refractivity contribution is 0.232. The normalized spacial score (nSPS) is 12.9. The first-order valence-electron chi connectivity index (χ1n) is 19.3. The fourth-order valence-electron chi connectivity index (χ4n) is 6.54. The molecule has 0 N–H and O–H groups in total. The number of hydrogen-bond donors (Lipinski definition) is 0. The van der Waals surface area contributed by atoms with Crippen LogP contribution in [0.4, 0.5) is 0 Å². The molecule has 0 atom stereocenters. The van der Waals surface area contributed by atoms with Gasteiger partial charge < -0.3 is 0 Å². The zero-order valence-electron chi connectivity index (χ0n) is 38.5. The molecule has 0 fully saturated rings. The topological polar surface area (TPSA) is 0 Å². The van der Waals surface area contributed by atoms with Gasteiger partial charge in [-0.1, -0.05) is 208 Å². The van der Waals surface area contributed by atoms with E-state index in [1.165, 1.54) is 48.0 Å². The standard InChI is InChI=1S/2C15H30.2C9H18.CH4/c2*1-12(10-13(2,3)4)15(8,9)11-14(5,6)7;2*1-6-9(4,5)7-8(2)3;/h2*1,10-11H2,2-9H3;2*2,6-7H2,1,3-5H3;1H4. The van der Waals surface area contributed by atoms with Gasteiger partial charge in [-0.05, 0) is 95.7 Å². The highest BCUT2D eigenvalue weighted by Gasteiger charge is 2.31. The van der Waals surface area contributed by atoms with Crippen molar-refractivity contribution < 1.29 is 0 Å². The molecule has 0 aliphatic rings. The molecule has 0 bridgehead atoms. The summed E-state index contributed by atoms with van der Waals surface area (Å²) in [6, 6.07) is 0. The molecule has 0 aromatic heterocycles. The van der Waals surface area contributed by atoms with Gasteiger partial charge >= 0.3 is 0 Å². The highest BCUT2D eigenvalue weighted by molar-refractivity contribution is 5.11. The second-order valence-electron chi connectivity index (χ2n) is 23.2. The van der Waals surface area contributed by atoms with Crippen molar-refractivity contribution >= 4 is 0 Å². The number of rotatable bonds is 12. The van der Waals surface area contributed by atoms with E-state index >= 15 is 0 Å². The van der Waals surface area contributed by atoms with Crippen LogP contribution in [-0.4, -0.2) is 0 Å². The van der Waals surface area contributed by atoms with Crippen LogP contribution >= 0.6 is 0 Å². The van der Waals surface area contributed by atoms with E-state index in [4.69, 9.17) is 0 Å². The van der Waals surface area contributed by atoms with Gasteiger partial charge in [-0.15, -0.1) is 13.2 Å². The molecule has 0 radical (unpaired) electrons. The molecule has 49 heavy (non-hydrogen) atoms. The third kappa shape index (κ3) is 39.6. The first-order chi connectivity index (χ1) is 20.6. The predicted molar refractivity (Wildman–Crippen MR) is 236 cm³/mol. The third-order valence-corrected chi connectivity index (χ3v) is 8.82. The van der Waals surface area contributed by atoms with Gasteiger partial charge in [-0.2, -0.15) is 0 Å². The molecule has 0 rings (SSSR count). The molecule has 0 saturated carbocycles. The largest absolute Gasteiger partial charge is 0.100 e. The minimum absolute atomic E-state index is 0. The molecule has 0 aliphatic heterocycles. The van der Waals surface area contributed by atoms with Gasteiger partial charge in [-0.25, -0.2) is 0 Å². The van der Waals surface area contributed by atoms with Crippen LogP contribution in [0.3, 0.4) is 0 Å². The van der Waals surface area contributed by atoms with Crippen molar-refractivity contribution in [3.8, 4) is 0 Å². The van der Waals surface area contributed by atoms with E-state index in [1.54, 1.807) is 0 Å². The van der Waals surface area contributed by atoms with E-state index in [0.717, 1.165) is 25.7 Å². The Morgan fingerprint density at radius 1 is 0.367 bits per heavy atom. The van der Waals surface area contributed by atoms with Crippen LogP contribution in [-0.2, 0) is 0 Å². The minimum atomic E-state index is 0. The summed E-state index contributed by atoms with van der Waals surface area (Å²) in [4.78, 5) is 0. The molecule has 0 heterocycles. The summed E-state index contributed by atoms with van der Waals surface area (Å²) in [7, 11) is 0. The van der Waals surface area contributed by atoms with Crippen LogP contribution in [0.5, 0.6) is 0 Å². The minimum Gasteiger partial charge on any atom is -0.100 e. The van der Waals surface area contributed by atoms with Crippen molar-refractivity contribution in [2.45, 2.75) is 225 Å². The molecule has 0 unspecified atom stereocenters. The van der Waals surface area contributed by atoms with Crippen LogP contribution < -0.4 is 0 Å². The van der Waals surface area contributed by atoms with Gasteiger partial charge in [0.1, 0.15) is 0 Å². The van der Waals surface area contributed by atoms with Gasteiger partial charge in [0.05, 0.1) is 0 Å². The van der Waals surface area contributed by atoms with Crippen LogP contribution in [0.1, 0.15) is 225 Å². The average Bonchev–Trinajstić information content (AvgIpc) is 2.73. The summed E-state index contributed by atoms with van der Waals surface area (Å²) in [6.07, 6.45) is 9.43. The van der Waals surface area contributed by atoms with E-state index < -0.39 is 0 Å². The smallest absolute Gasteiger partial charge is 0.0142 e. The van der Waals surface area contributed by atoms with Crippen molar-refractivity contribution in [1.29, 1.82) is 0 Å². The Kier molecular flexibility index (Phi) is 25.9.